The van der Waals surface area contributed by atoms with Gasteiger partial charge in [-0.25, -0.2) is 4.99 Å². The molecule has 2 aliphatic carbocycles. The molecule has 1 aromatic rings. The maximum atomic E-state index is 9.41. The van der Waals surface area contributed by atoms with Gasteiger partial charge in [-0.1, -0.05) is 56.5 Å². The van der Waals surface area contributed by atoms with Crippen LogP contribution in [0.1, 0.15) is 69.4 Å². The fourth-order valence-corrected chi connectivity index (χ4v) is 6.45. The van der Waals surface area contributed by atoms with Gasteiger partial charge in [-0.2, -0.15) is 0 Å². The van der Waals surface area contributed by atoms with E-state index in [2.05, 4.69) is 24.0 Å². The van der Waals surface area contributed by atoms with Crippen LogP contribution in [-0.4, -0.2) is 32.5 Å². The van der Waals surface area contributed by atoms with Crippen LogP contribution in [0.2, 0.25) is 0 Å². The van der Waals surface area contributed by atoms with Crippen molar-refractivity contribution in [2.75, 3.05) is 5.75 Å². The maximum absolute atomic E-state index is 9.41. The van der Waals surface area contributed by atoms with E-state index in [1.807, 2.05) is 17.8 Å². The number of nitrogens with zero attached hydrogens (tertiary/aromatic N) is 2. The van der Waals surface area contributed by atoms with E-state index < -0.39 is 0 Å². The molecule has 1 saturated heterocycles. The molecule has 0 aromatic heterocycles. The molecular formula is C21H30N2OS. The summed E-state index contributed by atoms with van der Waals surface area (Å²) in [5, 5.41) is 10.7. The summed E-state index contributed by atoms with van der Waals surface area (Å²) in [5.41, 5.74) is 3.72. The summed E-state index contributed by atoms with van der Waals surface area (Å²) in [5.74, 6) is 1.22. The van der Waals surface area contributed by atoms with E-state index in [9.17, 15) is 5.11 Å². The molecule has 2 saturated carbocycles. The van der Waals surface area contributed by atoms with Gasteiger partial charge >= 0.3 is 0 Å². The molecule has 1 aromatic carbocycles. The minimum Gasteiger partial charge on any atom is -0.392 e. The summed E-state index contributed by atoms with van der Waals surface area (Å²) in [4.78, 5) is 7.93. The average Bonchev–Trinajstić information content (AvgIpc) is 3.38. The van der Waals surface area contributed by atoms with Crippen molar-refractivity contribution in [1.29, 1.82) is 0 Å². The molecule has 1 N–H and O–H groups in total. The number of thioether (sulfide) groups is 1. The maximum Gasteiger partial charge on any atom is 0.165 e. The third kappa shape index (κ3) is 3.23. The van der Waals surface area contributed by atoms with Gasteiger partial charge in [0.1, 0.15) is 0 Å². The first kappa shape index (κ1) is 17.4. The largest absolute Gasteiger partial charge is 0.392 e. The predicted octanol–water partition coefficient (Wildman–Crippen LogP) is 5.03. The number of hydrogen-bond acceptors (Lipinski definition) is 3. The molecule has 136 valence electrons. The van der Waals surface area contributed by atoms with Gasteiger partial charge in [0.2, 0.25) is 0 Å². The van der Waals surface area contributed by atoms with Crippen LogP contribution in [0.4, 0.5) is 5.69 Å². The first-order valence-corrected chi connectivity index (χ1v) is 11.0. The summed E-state index contributed by atoms with van der Waals surface area (Å²) in [6.45, 7) is 2.28. The molecule has 0 amide bonds. The second-order valence-corrected chi connectivity index (χ2v) is 8.84. The lowest BCUT2D eigenvalue weighted by Gasteiger charge is -2.40. The van der Waals surface area contributed by atoms with Crippen LogP contribution in [0, 0.1) is 0 Å². The zero-order chi connectivity index (χ0) is 17.3. The number of aliphatic imine (C=N–C) groups is 1. The minimum absolute atomic E-state index is 0.107. The zero-order valence-electron chi connectivity index (χ0n) is 15.3. The molecule has 3 fully saturated rings. The molecule has 3 aliphatic rings. The van der Waals surface area contributed by atoms with E-state index >= 15 is 0 Å². The van der Waals surface area contributed by atoms with E-state index in [0.717, 1.165) is 17.7 Å². The Morgan fingerprint density at radius 3 is 2.64 bits per heavy atom. The van der Waals surface area contributed by atoms with Gasteiger partial charge in [0, 0.05) is 11.8 Å². The first-order chi connectivity index (χ1) is 12.3. The molecule has 0 atom stereocenters. The van der Waals surface area contributed by atoms with Gasteiger partial charge in [-0.15, -0.1) is 0 Å². The van der Waals surface area contributed by atoms with E-state index in [1.54, 1.807) is 0 Å². The fourth-order valence-electron chi connectivity index (χ4n) is 4.98. The van der Waals surface area contributed by atoms with Crippen LogP contribution in [0.15, 0.2) is 23.2 Å². The molecule has 25 heavy (non-hydrogen) atoms. The Kier molecular flexibility index (Phi) is 5.10. The summed E-state index contributed by atoms with van der Waals surface area (Å²) in [6, 6.07) is 6.94. The van der Waals surface area contributed by atoms with Crippen LogP contribution in [0.5, 0.6) is 0 Å². The van der Waals surface area contributed by atoms with Gasteiger partial charge in [-0.3, -0.25) is 0 Å². The van der Waals surface area contributed by atoms with E-state index in [0.29, 0.717) is 11.6 Å². The molecule has 4 rings (SSSR count). The number of aryl methyl sites for hydroxylation is 1. The molecule has 0 unspecified atom stereocenters. The second-order valence-electron chi connectivity index (χ2n) is 7.90. The van der Waals surface area contributed by atoms with Crippen LogP contribution in [-0.2, 0) is 13.0 Å². The van der Waals surface area contributed by atoms with Gasteiger partial charge < -0.3 is 10.0 Å². The minimum atomic E-state index is 0.107. The number of benzene rings is 1. The number of amidine groups is 1. The highest BCUT2D eigenvalue weighted by Crippen LogP contribution is 2.48. The Morgan fingerprint density at radius 2 is 1.96 bits per heavy atom. The molecule has 4 heteroatoms. The van der Waals surface area contributed by atoms with Gasteiger partial charge in [0.05, 0.1) is 17.8 Å². The SMILES string of the molecule is CCc1cc(CO)ccc1N=C1SCC2(CCCC2)N1C1CCCC1. The summed E-state index contributed by atoms with van der Waals surface area (Å²) in [6.07, 6.45) is 11.8. The lowest BCUT2D eigenvalue weighted by Crippen LogP contribution is -2.50. The second kappa shape index (κ2) is 7.32. The van der Waals surface area contributed by atoms with Crippen molar-refractivity contribution in [3.8, 4) is 0 Å². The molecule has 0 radical (unpaired) electrons. The molecule has 0 bridgehead atoms. The van der Waals surface area contributed by atoms with Crippen molar-refractivity contribution in [2.24, 2.45) is 4.99 Å². The quantitative estimate of drug-likeness (QED) is 0.820. The third-order valence-corrected chi connectivity index (χ3v) is 7.56. The molecule has 1 heterocycles. The van der Waals surface area contributed by atoms with E-state index in [1.165, 1.54) is 67.9 Å². The van der Waals surface area contributed by atoms with Crippen LogP contribution in [0.25, 0.3) is 0 Å². The van der Waals surface area contributed by atoms with Crippen molar-refractivity contribution in [1.82, 2.24) is 4.90 Å². The number of aliphatic hydroxyl groups is 1. The Labute approximate surface area is 155 Å². The van der Waals surface area contributed by atoms with Gasteiger partial charge in [0.15, 0.2) is 5.17 Å². The monoisotopic (exact) mass is 358 g/mol. The highest BCUT2D eigenvalue weighted by Gasteiger charge is 2.49. The average molecular weight is 359 g/mol. The van der Waals surface area contributed by atoms with Crippen molar-refractivity contribution in [2.45, 2.75) is 82.9 Å². The Balaban J connectivity index is 1.69. The smallest absolute Gasteiger partial charge is 0.165 e. The van der Waals surface area contributed by atoms with E-state index in [-0.39, 0.29) is 6.61 Å². The first-order valence-electron chi connectivity index (χ1n) is 9.99. The highest BCUT2D eigenvalue weighted by atomic mass is 32.2. The van der Waals surface area contributed by atoms with Crippen LogP contribution < -0.4 is 0 Å². The Morgan fingerprint density at radius 1 is 1.20 bits per heavy atom. The van der Waals surface area contributed by atoms with Crippen molar-refractivity contribution in [3.05, 3.63) is 29.3 Å². The van der Waals surface area contributed by atoms with Crippen molar-refractivity contribution >= 4 is 22.6 Å². The Bertz CT molecular complexity index is 645. The summed E-state index contributed by atoms with van der Waals surface area (Å²) >= 11 is 1.98. The normalized spacial score (nSPS) is 24.9. The standard InChI is InChI=1S/C21H30N2OS/c1-2-17-13-16(14-24)9-10-19(17)22-20-23(18-7-3-4-8-18)21(15-25-20)11-5-6-12-21/h9-10,13,18,24H,2-8,11-12,14-15H2,1H3. The lowest BCUT2D eigenvalue weighted by molar-refractivity contribution is 0.163. The molecule has 1 spiro atoms. The molecule has 3 nitrogen and oxygen atoms in total. The van der Waals surface area contributed by atoms with Crippen molar-refractivity contribution in [3.63, 3.8) is 0 Å². The van der Waals surface area contributed by atoms with Crippen LogP contribution >= 0.6 is 11.8 Å². The van der Waals surface area contributed by atoms with Crippen molar-refractivity contribution < 1.29 is 5.11 Å². The predicted molar refractivity (Wildman–Crippen MR) is 107 cm³/mol. The van der Waals surface area contributed by atoms with Crippen LogP contribution in [0.3, 0.4) is 0 Å². The van der Waals surface area contributed by atoms with Gasteiger partial charge in [0.25, 0.3) is 0 Å². The summed E-state index contributed by atoms with van der Waals surface area (Å²) in [7, 11) is 0. The third-order valence-electron chi connectivity index (χ3n) is 6.33. The fraction of sp³-hybridized carbons (Fsp3) is 0.667. The topological polar surface area (TPSA) is 35.8 Å². The summed E-state index contributed by atoms with van der Waals surface area (Å²) < 4.78 is 0. The number of hydrogen-bond donors (Lipinski definition) is 1. The number of aliphatic hydroxyl groups excluding tert-OH is 1. The number of rotatable bonds is 4. The zero-order valence-corrected chi connectivity index (χ0v) is 16.2. The molecule has 1 aliphatic heterocycles. The highest BCUT2D eigenvalue weighted by molar-refractivity contribution is 8.14. The molecular weight excluding hydrogens is 328 g/mol. The van der Waals surface area contributed by atoms with E-state index in [4.69, 9.17) is 4.99 Å². The lowest BCUT2D eigenvalue weighted by atomic mass is 9.95. The van der Waals surface area contributed by atoms with Gasteiger partial charge in [-0.05, 0) is 49.3 Å². The Hall–Kier alpha value is -1.00.